The van der Waals surface area contributed by atoms with Gasteiger partial charge in [0.15, 0.2) is 5.82 Å². The number of fused-ring (bicyclic) bond motifs is 1. The minimum Gasteiger partial charge on any atom is -0.361 e. The summed E-state index contributed by atoms with van der Waals surface area (Å²) >= 11 is 0. The van der Waals surface area contributed by atoms with Crippen molar-refractivity contribution < 1.29 is 4.52 Å². The molecule has 1 aromatic carbocycles. The largest absolute Gasteiger partial charge is 0.361 e. The normalized spacial score (nSPS) is 11.1. The van der Waals surface area contributed by atoms with E-state index < -0.39 is 0 Å². The van der Waals surface area contributed by atoms with Crippen LogP contribution >= 0.6 is 0 Å². The second-order valence-corrected chi connectivity index (χ2v) is 8.23. The molecule has 0 radical (unpaired) electrons. The molecule has 5 aromatic heterocycles. The molecule has 0 saturated heterocycles. The molecule has 2 N–H and O–H groups in total. The first kappa shape index (κ1) is 22.2. The van der Waals surface area contributed by atoms with Crippen molar-refractivity contribution in [1.82, 2.24) is 44.8 Å². The molecule has 182 valence electrons. The topological polar surface area (TPSA) is 145 Å². The Morgan fingerprint density at radius 1 is 0.838 bits per heavy atom. The minimum absolute atomic E-state index is 0.435. The molecule has 0 spiro atoms. The highest BCUT2D eigenvalue weighted by Crippen LogP contribution is 2.30. The lowest BCUT2D eigenvalue weighted by Crippen LogP contribution is -2.05. The van der Waals surface area contributed by atoms with Gasteiger partial charge in [0, 0.05) is 29.4 Å². The molecule has 6 rings (SSSR count). The molecule has 0 fully saturated rings. The smallest absolute Gasteiger partial charge is 0.184 e. The van der Waals surface area contributed by atoms with Gasteiger partial charge in [-0.15, -0.1) is 0 Å². The fourth-order valence-corrected chi connectivity index (χ4v) is 3.96. The average molecular weight is 492 g/mol. The van der Waals surface area contributed by atoms with Crippen LogP contribution in [0.25, 0.3) is 22.4 Å². The first-order valence-electron chi connectivity index (χ1n) is 11.5. The first-order chi connectivity index (χ1) is 18.1. The van der Waals surface area contributed by atoms with E-state index in [0.29, 0.717) is 41.3 Å². The number of para-hydroxylation sites is 1. The maximum absolute atomic E-state index is 5.36. The molecule has 0 bridgehead atoms. The number of aromatic nitrogens is 9. The van der Waals surface area contributed by atoms with Crippen LogP contribution in [0.4, 0.5) is 23.3 Å². The molecule has 12 heteroatoms. The van der Waals surface area contributed by atoms with E-state index in [-0.39, 0.29) is 0 Å². The standard InChI is InChI=1S/C25H21N11O/c1-15-18(16(2)37-35-15)12-36-19-6-4-3-5-17(19)24(34-36)25-32-22(30-20-7-9-26-13-28-20)11-23(33-25)31-21-8-10-27-14-29-21/h3-11,13-14H,12H2,1-2H3,(H2,26,27,28,29,30,31,32,33). The highest BCUT2D eigenvalue weighted by molar-refractivity contribution is 5.92. The molecule has 6 aromatic rings. The van der Waals surface area contributed by atoms with Crippen LogP contribution in [0.3, 0.4) is 0 Å². The molecule has 0 saturated carbocycles. The Morgan fingerprint density at radius 3 is 2.11 bits per heavy atom. The number of anilines is 4. The number of hydrogen-bond acceptors (Lipinski definition) is 11. The number of nitrogens with zero attached hydrogens (tertiary/aromatic N) is 9. The quantitative estimate of drug-likeness (QED) is 0.331. The lowest BCUT2D eigenvalue weighted by molar-refractivity contribution is 0.392. The van der Waals surface area contributed by atoms with Gasteiger partial charge in [0.2, 0.25) is 0 Å². The van der Waals surface area contributed by atoms with Crippen LogP contribution in [-0.4, -0.2) is 44.8 Å². The van der Waals surface area contributed by atoms with Crippen molar-refractivity contribution in [3.63, 3.8) is 0 Å². The Balaban J connectivity index is 1.46. The van der Waals surface area contributed by atoms with Gasteiger partial charge in [-0.2, -0.15) is 5.10 Å². The van der Waals surface area contributed by atoms with Gasteiger partial charge in [-0.3, -0.25) is 4.68 Å². The zero-order valence-electron chi connectivity index (χ0n) is 20.0. The minimum atomic E-state index is 0.435. The lowest BCUT2D eigenvalue weighted by Gasteiger charge is -2.10. The Kier molecular flexibility index (Phi) is 5.65. The predicted octanol–water partition coefficient (Wildman–Crippen LogP) is 4.21. The second-order valence-electron chi connectivity index (χ2n) is 8.23. The molecule has 0 atom stereocenters. The molecule has 0 amide bonds. The first-order valence-corrected chi connectivity index (χ1v) is 11.5. The molecule has 5 heterocycles. The molecule has 0 aliphatic heterocycles. The van der Waals surface area contributed by atoms with Crippen LogP contribution in [0.5, 0.6) is 0 Å². The summed E-state index contributed by atoms with van der Waals surface area (Å²) in [5.74, 6) is 3.46. The van der Waals surface area contributed by atoms with E-state index >= 15 is 0 Å². The third kappa shape index (κ3) is 4.55. The Labute approximate surface area is 210 Å². The van der Waals surface area contributed by atoms with E-state index in [4.69, 9.17) is 19.6 Å². The number of benzene rings is 1. The monoisotopic (exact) mass is 491 g/mol. The van der Waals surface area contributed by atoms with Gasteiger partial charge >= 0.3 is 0 Å². The van der Waals surface area contributed by atoms with Crippen molar-refractivity contribution in [2.24, 2.45) is 0 Å². The highest BCUT2D eigenvalue weighted by atomic mass is 16.5. The van der Waals surface area contributed by atoms with E-state index in [1.165, 1.54) is 12.7 Å². The fraction of sp³-hybridized carbons (Fsp3) is 0.120. The van der Waals surface area contributed by atoms with Crippen LogP contribution in [0.15, 0.2) is 72.0 Å². The van der Waals surface area contributed by atoms with Gasteiger partial charge in [0.1, 0.15) is 47.4 Å². The molecule has 12 nitrogen and oxygen atoms in total. The molecule has 0 unspecified atom stereocenters. The molecule has 0 aliphatic carbocycles. The summed E-state index contributed by atoms with van der Waals surface area (Å²) in [4.78, 5) is 26.0. The summed E-state index contributed by atoms with van der Waals surface area (Å²) in [6, 6.07) is 13.3. The second kappa shape index (κ2) is 9.41. The van der Waals surface area contributed by atoms with Crippen molar-refractivity contribution in [3.8, 4) is 11.5 Å². The zero-order chi connectivity index (χ0) is 25.2. The Bertz CT molecular complexity index is 1600. The van der Waals surface area contributed by atoms with Crippen molar-refractivity contribution >= 4 is 34.2 Å². The Morgan fingerprint density at radius 2 is 1.51 bits per heavy atom. The maximum Gasteiger partial charge on any atom is 0.184 e. The van der Waals surface area contributed by atoms with E-state index in [2.05, 4.69) is 35.7 Å². The summed E-state index contributed by atoms with van der Waals surface area (Å²) < 4.78 is 7.28. The maximum atomic E-state index is 5.36. The van der Waals surface area contributed by atoms with Crippen LogP contribution in [0.1, 0.15) is 17.0 Å². The number of rotatable bonds is 7. The van der Waals surface area contributed by atoms with Crippen LogP contribution in [-0.2, 0) is 6.54 Å². The summed E-state index contributed by atoms with van der Waals surface area (Å²) in [7, 11) is 0. The third-order valence-corrected chi connectivity index (χ3v) is 5.76. The summed E-state index contributed by atoms with van der Waals surface area (Å²) in [5, 5.41) is 16.4. The zero-order valence-corrected chi connectivity index (χ0v) is 20.0. The van der Waals surface area contributed by atoms with Gasteiger partial charge in [-0.25, -0.2) is 29.9 Å². The van der Waals surface area contributed by atoms with Gasteiger partial charge in [-0.1, -0.05) is 23.4 Å². The Hall–Kier alpha value is -5.26. The summed E-state index contributed by atoms with van der Waals surface area (Å²) in [5.41, 5.74) is 3.41. The van der Waals surface area contributed by atoms with Crippen LogP contribution in [0.2, 0.25) is 0 Å². The number of aryl methyl sites for hydroxylation is 2. The summed E-state index contributed by atoms with van der Waals surface area (Å²) in [6.07, 6.45) is 6.24. The molecular formula is C25H21N11O. The van der Waals surface area contributed by atoms with Crippen molar-refractivity contribution in [1.29, 1.82) is 0 Å². The fourth-order valence-electron chi connectivity index (χ4n) is 3.96. The van der Waals surface area contributed by atoms with E-state index in [1.54, 1.807) is 30.6 Å². The van der Waals surface area contributed by atoms with Crippen molar-refractivity contribution in [2.45, 2.75) is 20.4 Å². The van der Waals surface area contributed by atoms with Gasteiger partial charge in [-0.05, 0) is 32.0 Å². The molecule has 37 heavy (non-hydrogen) atoms. The van der Waals surface area contributed by atoms with Crippen molar-refractivity contribution in [2.75, 3.05) is 10.6 Å². The molecule has 0 aliphatic rings. The average Bonchev–Trinajstić information content (AvgIpc) is 3.45. The lowest BCUT2D eigenvalue weighted by atomic mass is 10.2. The van der Waals surface area contributed by atoms with E-state index in [0.717, 1.165) is 27.9 Å². The number of hydrogen-bond donors (Lipinski definition) is 2. The highest BCUT2D eigenvalue weighted by Gasteiger charge is 2.19. The predicted molar refractivity (Wildman–Crippen MR) is 136 cm³/mol. The third-order valence-electron chi connectivity index (χ3n) is 5.76. The van der Waals surface area contributed by atoms with E-state index in [9.17, 15) is 0 Å². The van der Waals surface area contributed by atoms with Gasteiger partial charge < -0.3 is 15.2 Å². The van der Waals surface area contributed by atoms with Crippen molar-refractivity contribution in [3.05, 3.63) is 84.5 Å². The number of nitrogens with one attached hydrogen (secondary N) is 2. The van der Waals surface area contributed by atoms with Gasteiger partial charge in [0.05, 0.1) is 17.8 Å². The molecular weight excluding hydrogens is 470 g/mol. The van der Waals surface area contributed by atoms with E-state index in [1.807, 2.05) is 42.8 Å². The van der Waals surface area contributed by atoms with Crippen LogP contribution < -0.4 is 10.6 Å². The summed E-state index contributed by atoms with van der Waals surface area (Å²) in [6.45, 7) is 4.33. The SMILES string of the molecule is Cc1noc(C)c1Cn1nc(-c2nc(Nc3ccncn3)cc(Nc3ccncn3)n2)c2ccccc21. The van der Waals surface area contributed by atoms with Crippen LogP contribution in [0, 0.1) is 13.8 Å². The van der Waals surface area contributed by atoms with Gasteiger partial charge in [0.25, 0.3) is 0 Å².